The minimum absolute atomic E-state index is 0.122. The number of benzene rings is 1. The maximum atomic E-state index is 12.4. The Hall–Kier alpha value is -3.79. The molecule has 1 aromatic carbocycles. The Morgan fingerprint density at radius 2 is 1.89 bits per heavy atom. The zero-order chi connectivity index (χ0) is 19.0. The molecule has 0 fully saturated rings. The van der Waals surface area contributed by atoms with Crippen molar-refractivity contribution in [2.75, 3.05) is 5.32 Å². The van der Waals surface area contributed by atoms with Gasteiger partial charge in [0.1, 0.15) is 10.9 Å². The van der Waals surface area contributed by atoms with E-state index in [1.54, 1.807) is 5.38 Å². The molecule has 4 rings (SSSR count). The monoisotopic (exact) mass is 382 g/mol. The number of anilines is 1. The predicted molar refractivity (Wildman–Crippen MR) is 99.2 cm³/mol. The molecular weight excluding hydrogens is 372 g/mol. The third-order valence-electron chi connectivity index (χ3n) is 3.69. The van der Waals surface area contributed by atoms with Crippen LogP contribution < -0.4 is 22.2 Å². The molecule has 0 aliphatic heterocycles. The first-order valence-corrected chi connectivity index (χ1v) is 8.52. The Balaban J connectivity index is 1.67. The van der Waals surface area contributed by atoms with E-state index in [0.29, 0.717) is 5.69 Å². The van der Waals surface area contributed by atoms with Crippen LogP contribution >= 0.6 is 11.3 Å². The van der Waals surface area contributed by atoms with Crippen molar-refractivity contribution in [2.45, 2.75) is 0 Å². The van der Waals surface area contributed by atoms with Gasteiger partial charge in [-0.3, -0.25) is 24.9 Å². The highest BCUT2D eigenvalue weighted by atomic mass is 32.1. The summed E-state index contributed by atoms with van der Waals surface area (Å²) in [6, 6.07) is 10.4. The smallest absolute Gasteiger partial charge is 0.350 e. The summed E-state index contributed by atoms with van der Waals surface area (Å²) in [6.07, 6.45) is 0. The normalized spacial score (nSPS) is 10.8. The van der Waals surface area contributed by atoms with Crippen molar-refractivity contribution < 1.29 is 9.21 Å². The number of carbonyl (C=O) groups is 1. The standard InChI is InChI=1S/C17H10N4O5S/c22-12-9-6-10(15(24)26-14(9)21-16(25)19-12)13(23)20-17-18-11(7-27-17)8-4-2-1-3-5-8/h1-7H,(H,18,20,23)(H2,19,21,22,25). The van der Waals surface area contributed by atoms with E-state index in [-0.39, 0.29) is 21.8 Å². The molecule has 9 nitrogen and oxygen atoms in total. The van der Waals surface area contributed by atoms with Gasteiger partial charge in [-0.05, 0) is 6.07 Å². The predicted octanol–water partition coefficient (Wildman–Crippen LogP) is 1.55. The van der Waals surface area contributed by atoms with Crippen LogP contribution in [-0.4, -0.2) is 20.9 Å². The molecule has 0 aliphatic carbocycles. The fourth-order valence-electron chi connectivity index (χ4n) is 2.43. The second kappa shape index (κ2) is 6.50. The van der Waals surface area contributed by atoms with Gasteiger partial charge >= 0.3 is 11.3 Å². The van der Waals surface area contributed by atoms with Gasteiger partial charge in [-0.25, -0.2) is 14.6 Å². The molecule has 0 spiro atoms. The number of hydrogen-bond donors (Lipinski definition) is 3. The molecule has 4 aromatic rings. The van der Waals surface area contributed by atoms with E-state index < -0.39 is 22.8 Å². The van der Waals surface area contributed by atoms with Crippen molar-refractivity contribution in [3.05, 3.63) is 78.6 Å². The summed E-state index contributed by atoms with van der Waals surface area (Å²) < 4.78 is 4.88. The van der Waals surface area contributed by atoms with Crippen LogP contribution in [0.15, 0.2) is 60.6 Å². The first kappa shape index (κ1) is 16.7. The molecule has 0 unspecified atom stereocenters. The molecular formula is C17H10N4O5S. The Morgan fingerprint density at radius 1 is 1.11 bits per heavy atom. The van der Waals surface area contributed by atoms with Gasteiger partial charge in [0.15, 0.2) is 5.13 Å². The van der Waals surface area contributed by atoms with E-state index in [9.17, 15) is 19.2 Å². The van der Waals surface area contributed by atoms with Gasteiger partial charge in [-0.2, -0.15) is 0 Å². The number of fused-ring (bicyclic) bond motifs is 1. The van der Waals surface area contributed by atoms with E-state index in [2.05, 4.69) is 15.3 Å². The molecule has 10 heteroatoms. The molecule has 27 heavy (non-hydrogen) atoms. The first-order valence-electron chi connectivity index (χ1n) is 7.64. The summed E-state index contributed by atoms with van der Waals surface area (Å²) in [4.78, 5) is 56.0. The van der Waals surface area contributed by atoms with Crippen LogP contribution in [0, 0.1) is 0 Å². The van der Waals surface area contributed by atoms with Crippen molar-refractivity contribution >= 4 is 33.5 Å². The lowest BCUT2D eigenvalue weighted by molar-refractivity contribution is 0.102. The average Bonchev–Trinajstić information content (AvgIpc) is 3.10. The lowest BCUT2D eigenvalue weighted by Gasteiger charge is -2.02. The minimum atomic E-state index is -0.985. The van der Waals surface area contributed by atoms with Crippen molar-refractivity contribution in [2.24, 2.45) is 0 Å². The maximum Gasteiger partial charge on any atom is 0.350 e. The van der Waals surface area contributed by atoms with E-state index in [0.717, 1.165) is 11.6 Å². The van der Waals surface area contributed by atoms with Crippen molar-refractivity contribution in [3.63, 3.8) is 0 Å². The number of thiazole rings is 1. The molecule has 0 aliphatic rings. The summed E-state index contributed by atoms with van der Waals surface area (Å²) >= 11 is 1.19. The Bertz CT molecular complexity index is 1330. The summed E-state index contributed by atoms with van der Waals surface area (Å²) in [5.41, 5.74) is -1.69. The van der Waals surface area contributed by atoms with E-state index >= 15 is 0 Å². The van der Waals surface area contributed by atoms with Crippen molar-refractivity contribution in [1.82, 2.24) is 15.0 Å². The third kappa shape index (κ3) is 3.20. The SMILES string of the molecule is O=C(Nc1nc(-c2ccccc2)cs1)c1cc2c(=O)[nH]c(=O)[nH]c2oc1=O. The van der Waals surface area contributed by atoms with E-state index in [1.807, 2.05) is 35.3 Å². The van der Waals surface area contributed by atoms with Gasteiger partial charge in [-0.15, -0.1) is 11.3 Å². The first-order chi connectivity index (χ1) is 13.0. The van der Waals surface area contributed by atoms with Crippen LogP contribution in [0.5, 0.6) is 0 Å². The number of rotatable bonds is 3. The number of aromatic nitrogens is 3. The molecule has 1 amide bonds. The molecule has 0 atom stereocenters. The van der Waals surface area contributed by atoms with Gasteiger partial charge in [0.25, 0.3) is 11.5 Å². The number of nitrogens with one attached hydrogen (secondary N) is 3. The van der Waals surface area contributed by atoms with Crippen molar-refractivity contribution in [3.8, 4) is 11.3 Å². The van der Waals surface area contributed by atoms with Crippen LogP contribution in [0.25, 0.3) is 22.4 Å². The summed E-state index contributed by atoms with van der Waals surface area (Å²) in [6.45, 7) is 0. The average molecular weight is 382 g/mol. The van der Waals surface area contributed by atoms with Gasteiger partial charge in [-0.1, -0.05) is 30.3 Å². The molecule has 3 heterocycles. The lowest BCUT2D eigenvalue weighted by atomic mass is 10.2. The largest absolute Gasteiger partial charge is 0.405 e. The summed E-state index contributed by atoms with van der Waals surface area (Å²) in [7, 11) is 0. The number of nitrogens with zero attached hydrogens (tertiary/aromatic N) is 1. The highest BCUT2D eigenvalue weighted by Gasteiger charge is 2.17. The Labute approximate surface area is 153 Å². The lowest BCUT2D eigenvalue weighted by Crippen LogP contribution is -2.26. The molecule has 134 valence electrons. The Morgan fingerprint density at radius 3 is 2.67 bits per heavy atom. The van der Waals surface area contributed by atoms with Crippen molar-refractivity contribution in [1.29, 1.82) is 0 Å². The highest BCUT2D eigenvalue weighted by Crippen LogP contribution is 2.24. The second-order valence-electron chi connectivity index (χ2n) is 5.46. The fraction of sp³-hybridized carbons (Fsp3) is 0. The highest BCUT2D eigenvalue weighted by molar-refractivity contribution is 7.14. The molecule has 0 saturated heterocycles. The molecule has 0 bridgehead atoms. The molecule has 0 saturated carbocycles. The van der Waals surface area contributed by atoms with Gasteiger partial charge in [0.2, 0.25) is 5.71 Å². The van der Waals surface area contributed by atoms with Gasteiger partial charge < -0.3 is 4.42 Å². The van der Waals surface area contributed by atoms with E-state index in [1.165, 1.54) is 11.3 Å². The minimum Gasteiger partial charge on any atom is -0.405 e. The molecule has 3 N–H and O–H groups in total. The molecule has 3 aromatic heterocycles. The van der Waals surface area contributed by atoms with Crippen LogP contribution in [0.3, 0.4) is 0 Å². The quantitative estimate of drug-likeness (QED) is 0.491. The van der Waals surface area contributed by atoms with E-state index in [4.69, 9.17) is 4.42 Å². The maximum absolute atomic E-state index is 12.4. The number of aromatic amines is 2. The summed E-state index contributed by atoms with van der Waals surface area (Å²) in [5.74, 6) is -0.773. The number of H-pyrrole nitrogens is 2. The van der Waals surface area contributed by atoms with Gasteiger partial charge in [0.05, 0.1) is 5.69 Å². The number of amides is 1. The number of carbonyl (C=O) groups excluding carboxylic acids is 1. The zero-order valence-corrected chi connectivity index (χ0v) is 14.3. The van der Waals surface area contributed by atoms with Crippen LogP contribution in [0.1, 0.15) is 10.4 Å². The Kier molecular flexibility index (Phi) is 4.01. The molecule has 0 radical (unpaired) electrons. The van der Waals surface area contributed by atoms with Crippen LogP contribution in [0.2, 0.25) is 0 Å². The summed E-state index contributed by atoms with van der Waals surface area (Å²) in [5, 5.41) is 4.44. The topological polar surface area (TPSA) is 138 Å². The fourth-order valence-corrected chi connectivity index (χ4v) is 3.15. The van der Waals surface area contributed by atoms with Crippen LogP contribution in [-0.2, 0) is 0 Å². The zero-order valence-electron chi connectivity index (χ0n) is 13.4. The second-order valence-corrected chi connectivity index (χ2v) is 6.31. The number of hydrogen-bond acceptors (Lipinski definition) is 7. The third-order valence-corrected chi connectivity index (χ3v) is 4.44. The van der Waals surface area contributed by atoms with Crippen LogP contribution in [0.4, 0.5) is 5.13 Å². The van der Waals surface area contributed by atoms with Gasteiger partial charge in [0, 0.05) is 10.9 Å².